The van der Waals surface area contributed by atoms with Crippen molar-refractivity contribution in [3.63, 3.8) is 0 Å². The van der Waals surface area contributed by atoms with Gasteiger partial charge in [-0.1, -0.05) is 6.07 Å². The van der Waals surface area contributed by atoms with Crippen LogP contribution in [0.15, 0.2) is 67.1 Å². The highest BCUT2D eigenvalue weighted by molar-refractivity contribution is 6.09. The second-order valence-electron chi connectivity index (χ2n) is 7.88. The molecule has 0 saturated carbocycles. The third-order valence-electron chi connectivity index (χ3n) is 5.82. The van der Waals surface area contributed by atoms with E-state index in [2.05, 4.69) is 4.98 Å². The number of fused-ring (bicyclic) bond motifs is 2. The zero-order valence-electron chi connectivity index (χ0n) is 17.8. The van der Waals surface area contributed by atoms with Crippen LogP contribution in [-0.2, 0) is 13.2 Å². The van der Waals surface area contributed by atoms with Crippen molar-refractivity contribution < 1.29 is 18.0 Å². The third-order valence-corrected chi connectivity index (χ3v) is 5.82. The van der Waals surface area contributed by atoms with Gasteiger partial charge in [-0.25, -0.2) is 4.98 Å². The number of nitrogens with zero attached hydrogens (tertiary/aromatic N) is 4. The number of nitriles is 1. The maximum Gasteiger partial charge on any atom is 0.417 e. The Balaban J connectivity index is 1.71. The Bertz CT molecular complexity index is 1650. The van der Waals surface area contributed by atoms with Gasteiger partial charge in [0.1, 0.15) is 6.07 Å². The van der Waals surface area contributed by atoms with Crippen molar-refractivity contribution in [3.8, 4) is 17.2 Å². The van der Waals surface area contributed by atoms with Crippen LogP contribution in [0.3, 0.4) is 0 Å². The van der Waals surface area contributed by atoms with Crippen molar-refractivity contribution >= 4 is 28.0 Å². The van der Waals surface area contributed by atoms with Crippen LogP contribution in [0.1, 0.15) is 27.2 Å². The Morgan fingerprint density at radius 2 is 1.85 bits per heavy atom. The molecule has 168 valence electrons. The molecule has 3 aromatic heterocycles. The SMILES string of the molecule is Cn1cnc2cc(-c3cccn4c(C(=O)c5ccc(N)c(C#N)c5)ccc34)c(C(F)(F)F)cc21. The maximum absolute atomic E-state index is 14.0. The summed E-state index contributed by atoms with van der Waals surface area (Å²) in [6, 6.07) is 15.2. The number of pyridine rings is 1. The van der Waals surface area contributed by atoms with Gasteiger partial charge in [-0.2, -0.15) is 18.4 Å². The molecule has 0 spiro atoms. The number of carbonyl (C=O) groups is 1. The lowest BCUT2D eigenvalue weighted by Gasteiger charge is -2.15. The molecule has 0 fully saturated rings. The van der Waals surface area contributed by atoms with E-state index in [1.54, 1.807) is 41.9 Å². The maximum atomic E-state index is 14.0. The fourth-order valence-electron chi connectivity index (χ4n) is 4.13. The summed E-state index contributed by atoms with van der Waals surface area (Å²) in [6.45, 7) is 0. The highest BCUT2D eigenvalue weighted by Crippen LogP contribution is 2.41. The molecule has 0 aliphatic rings. The first-order chi connectivity index (χ1) is 16.2. The molecule has 5 aromatic rings. The van der Waals surface area contributed by atoms with Crippen LogP contribution in [0.2, 0.25) is 0 Å². The zero-order valence-corrected chi connectivity index (χ0v) is 17.8. The number of rotatable bonds is 3. The monoisotopic (exact) mass is 459 g/mol. The van der Waals surface area contributed by atoms with E-state index in [0.29, 0.717) is 22.1 Å². The number of hydrogen-bond donors (Lipinski definition) is 1. The van der Waals surface area contributed by atoms with Crippen molar-refractivity contribution in [1.29, 1.82) is 5.26 Å². The minimum Gasteiger partial charge on any atom is -0.398 e. The van der Waals surface area contributed by atoms with Gasteiger partial charge in [0.2, 0.25) is 5.78 Å². The Morgan fingerprint density at radius 3 is 2.59 bits per heavy atom. The van der Waals surface area contributed by atoms with Crippen molar-refractivity contribution in [1.82, 2.24) is 14.0 Å². The number of halogens is 3. The summed E-state index contributed by atoms with van der Waals surface area (Å²) >= 11 is 0. The number of carbonyl (C=O) groups excluding carboxylic acids is 1. The van der Waals surface area contributed by atoms with Crippen LogP contribution >= 0.6 is 0 Å². The molecule has 0 unspecified atom stereocenters. The molecule has 3 heterocycles. The average Bonchev–Trinajstić information content (AvgIpc) is 3.41. The Labute approximate surface area is 191 Å². The number of nitrogen functional groups attached to an aromatic ring is 1. The number of ketones is 1. The molecule has 0 atom stereocenters. The fourth-order valence-corrected chi connectivity index (χ4v) is 4.13. The molecule has 0 aliphatic heterocycles. The van der Waals surface area contributed by atoms with Crippen LogP contribution in [-0.4, -0.2) is 19.7 Å². The lowest BCUT2D eigenvalue weighted by molar-refractivity contribution is -0.137. The average molecular weight is 459 g/mol. The fraction of sp³-hybridized carbons (Fsp3) is 0.0800. The Hall–Kier alpha value is -4.58. The van der Waals surface area contributed by atoms with Crippen molar-refractivity contribution in [2.24, 2.45) is 7.05 Å². The standard InChI is InChI=1S/C25H16F3N5O/c1-32-13-31-20-10-17(18(11-23(20)32)25(26,27)28)16-3-2-8-33-21(16)6-7-22(33)24(34)14-4-5-19(30)15(9-14)12-29/h2-11,13H,30H2,1H3. The van der Waals surface area contributed by atoms with Crippen molar-refractivity contribution in [3.05, 3.63) is 89.5 Å². The van der Waals surface area contributed by atoms with Crippen LogP contribution in [0.5, 0.6) is 0 Å². The first kappa shape index (κ1) is 21.3. The number of aryl methyl sites for hydroxylation is 1. The largest absolute Gasteiger partial charge is 0.417 e. The molecular weight excluding hydrogens is 443 g/mol. The van der Waals surface area contributed by atoms with Gasteiger partial charge < -0.3 is 14.7 Å². The molecule has 34 heavy (non-hydrogen) atoms. The van der Waals surface area contributed by atoms with E-state index < -0.39 is 11.7 Å². The highest BCUT2D eigenvalue weighted by Gasteiger charge is 2.35. The normalized spacial score (nSPS) is 11.7. The van der Waals surface area contributed by atoms with Gasteiger partial charge in [0.05, 0.1) is 39.7 Å². The van der Waals surface area contributed by atoms with Gasteiger partial charge in [0.15, 0.2) is 0 Å². The third kappa shape index (κ3) is 3.28. The molecule has 2 aromatic carbocycles. The zero-order chi connectivity index (χ0) is 24.2. The summed E-state index contributed by atoms with van der Waals surface area (Å²) in [4.78, 5) is 17.4. The minimum atomic E-state index is -4.59. The molecule has 0 aliphatic carbocycles. The van der Waals surface area contributed by atoms with E-state index in [-0.39, 0.29) is 33.9 Å². The van der Waals surface area contributed by atoms with Gasteiger partial charge in [-0.15, -0.1) is 0 Å². The molecule has 0 amide bonds. The summed E-state index contributed by atoms with van der Waals surface area (Å²) in [6.07, 6.45) is -1.52. The number of imidazole rings is 1. The summed E-state index contributed by atoms with van der Waals surface area (Å²) in [7, 11) is 1.63. The van der Waals surface area contributed by atoms with Gasteiger partial charge in [0, 0.05) is 30.1 Å². The number of anilines is 1. The van der Waals surface area contributed by atoms with Gasteiger partial charge in [0.25, 0.3) is 0 Å². The van der Waals surface area contributed by atoms with E-state index in [4.69, 9.17) is 5.73 Å². The molecule has 0 saturated heterocycles. The first-order valence-electron chi connectivity index (χ1n) is 10.2. The van der Waals surface area contributed by atoms with Gasteiger partial charge in [-0.3, -0.25) is 4.79 Å². The number of aromatic nitrogens is 3. The molecule has 2 N–H and O–H groups in total. The van der Waals surface area contributed by atoms with Crippen LogP contribution in [0.25, 0.3) is 27.7 Å². The summed E-state index contributed by atoms with van der Waals surface area (Å²) in [5.41, 5.74) is 7.41. The molecular formula is C25H16F3N5O. The quantitative estimate of drug-likeness (QED) is 0.297. The second kappa shape index (κ2) is 7.49. The number of nitrogens with two attached hydrogens (primary N) is 1. The molecule has 5 rings (SSSR count). The number of benzene rings is 2. The molecule has 0 bridgehead atoms. The lowest BCUT2D eigenvalue weighted by Crippen LogP contribution is -2.09. The van der Waals surface area contributed by atoms with E-state index in [1.165, 1.54) is 35.2 Å². The summed E-state index contributed by atoms with van der Waals surface area (Å²) in [5.74, 6) is -0.384. The van der Waals surface area contributed by atoms with Gasteiger partial charge in [-0.05, 0) is 54.1 Å². The van der Waals surface area contributed by atoms with Crippen molar-refractivity contribution in [2.75, 3.05) is 5.73 Å². The van der Waals surface area contributed by atoms with Gasteiger partial charge >= 0.3 is 6.18 Å². The first-order valence-corrected chi connectivity index (χ1v) is 10.2. The highest BCUT2D eigenvalue weighted by atomic mass is 19.4. The smallest absolute Gasteiger partial charge is 0.398 e. The molecule has 9 heteroatoms. The van der Waals surface area contributed by atoms with E-state index >= 15 is 0 Å². The van der Waals surface area contributed by atoms with E-state index in [1.807, 2.05) is 6.07 Å². The van der Waals surface area contributed by atoms with E-state index in [0.717, 1.165) is 6.07 Å². The Kier molecular flexibility index (Phi) is 4.69. The van der Waals surface area contributed by atoms with Crippen LogP contribution < -0.4 is 5.73 Å². The topological polar surface area (TPSA) is 89.1 Å². The number of hydrogen-bond acceptors (Lipinski definition) is 4. The molecule has 0 radical (unpaired) electrons. The van der Waals surface area contributed by atoms with Crippen LogP contribution in [0, 0.1) is 11.3 Å². The summed E-state index contributed by atoms with van der Waals surface area (Å²) in [5, 5.41) is 9.21. The Morgan fingerprint density at radius 1 is 1.06 bits per heavy atom. The van der Waals surface area contributed by atoms with E-state index in [9.17, 15) is 23.2 Å². The van der Waals surface area contributed by atoms with Crippen LogP contribution in [0.4, 0.5) is 18.9 Å². The number of alkyl halides is 3. The minimum absolute atomic E-state index is 0.0272. The predicted octanol–water partition coefficient (Wildman–Crippen LogP) is 5.20. The lowest BCUT2D eigenvalue weighted by atomic mass is 9.98. The molecule has 6 nitrogen and oxygen atoms in total. The predicted molar refractivity (Wildman–Crippen MR) is 121 cm³/mol. The summed E-state index contributed by atoms with van der Waals surface area (Å²) < 4.78 is 45.2. The second-order valence-corrected chi connectivity index (χ2v) is 7.88. The van der Waals surface area contributed by atoms with Crippen molar-refractivity contribution in [2.45, 2.75) is 6.18 Å².